The monoisotopic (exact) mass is 267 g/mol. The molecule has 112 valence electrons. The average Bonchev–Trinajstić information content (AvgIpc) is 2.83. The zero-order valence-electron chi connectivity index (χ0n) is 13.4. The molecule has 4 atom stereocenters. The Hall–Kier alpha value is -0.0800. The van der Waals surface area contributed by atoms with E-state index in [2.05, 4.69) is 33.0 Å². The standard InChI is InChI=1S/C17H33NO/c1-5-18-16-9-8-14(17(2,3)4)11-13(16)12-15-7-6-10-19-15/h13-16,18H,5-12H2,1-4H3. The Morgan fingerprint density at radius 1 is 1.16 bits per heavy atom. The lowest BCUT2D eigenvalue weighted by Gasteiger charge is -2.43. The third-order valence-corrected chi connectivity index (χ3v) is 5.26. The fourth-order valence-electron chi connectivity index (χ4n) is 4.01. The van der Waals surface area contributed by atoms with E-state index < -0.39 is 0 Å². The minimum absolute atomic E-state index is 0.464. The first-order valence-corrected chi connectivity index (χ1v) is 8.35. The summed E-state index contributed by atoms with van der Waals surface area (Å²) in [6.45, 7) is 11.6. The van der Waals surface area contributed by atoms with Gasteiger partial charge in [-0.05, 0) is 62.3 Å². The van der Waals surface area contributed by atoms with Crippen LogP contribution in [0.2, 0.25) is 0 Å². The van der Waals surface area contributed by atoms with E-state index in [-0.39, 0.29) is 0 Å². The normalized spacial score (nSPS) is 36.6. The number of nitrogens with one attached hydrogen (secondary N) is 1. The third-order valence-electron chi connectivity index (χ3n) is 5.26. The number of hydrogen-bond acceptors (Lipinski definition) is 2. The van der Waals surface area contributed by atoms with Gasteiger partial charge in [-0.3, -0.25) is 0 Å². The maximum atomic E-state index is 5.88. The van der Waals surface area contributed by atoms with Crippen LogP contribution in [-0.2, 0) is 4.74 Å². The Bertz CT molecular complexity index is 265. The van der Waals surface area contributed by atoms with Gasteiger partial charge in [0, 0.05) is 12.6 Å². The summed E-state index contributed by atoms with van der Waals surface area (Å²) in [6.07, 6.45) is 8.52. The van der Waals surface area contributed by atoms with Gasteiger partial charge >= 0.3 is 0 Å². The van der Waals surface area contributed by atoms with Crippen molar-refractivity contribution >= 4 is 0 Å². The first kappa shape index (κ1) is 15.3. The third kappa shape index (κ3) is 4.19. The van der Waals surface area contributed by atoms with Gasteiger partial charge in [-0.25, -0.2) is 0 Å². The van der Waals surface area contributed by atoms with Gasteiger partial charge in [0.15, 0.2) is 0 Å². The second kappa shape index (κ2) is 6.58. The Labute approximate surface area is 119 Å². The van der Waals surface area contributed by atoms with Crippen molar-refractivity contribution < 1.29 is 4.74 Å². The minimum atomic E-state index is 0.464. The van der Waals surface area contributed by atoms with Crippen LogP contribution in [0.4, 0.5) is 0 Å². The first-order valence-electron chi connectivity index (χ1n) is 8.35. The SMILES string of the molecule is CCNC1CCC(C(C)(C)C)CC1CC1CCCO1. The molecular formula is C17H33NO. The summed E-state index contributed by atoms with van der Waals surface area (Å²) >= 11 is 0. The molecule has 0 bridgehead atoms. The molecule has 4 unspecified atom stereocenters. The van der Waals surface area contributed by atoms with Crippen molar-refractivity contribution in [3.8, 4) is 0 Å². The smallest absolute Gasteiger partial charge is 0.0579 e. The fraction of sp³-hybridized carbons (Fsp3) is 1.00. The summed E-state index contributed by atoms with van der Waals surface area (Å²) in [6, 6.07) is 0.729. The molecule has 1 N–H and O–H groups in total. The molecule has 0 aromatic heterocycles. The molecule has 1 heterocycles. The van der Waals surface area contributed by atoms with E-state index in [1.54, 1.807) is 0 Å². The number of ether oxygens (including phenoxy) is 1. The van der Waals surface area contributed by atoms with Gasteiger partial charge in [0.25, 0.3) is 0 Å². The molecule has 1 aliphatic carbocycles. The van der Waals surface area contributed by atoms with Crippen molar-refractivity contribution in [2.75, 3.05) is 13.2 Å². The van der Waals surface area contributed by atoms with Crippen molar-refractivity contribution in [1.82, 2.24) is 5.32 Å². The summed E-state index contributed by atoms with van der Waals surface area (Å²) < 4.78 is 5.88. The molecule has 1 aliphatic heterocycles. The van der Waals surface area contributed by atoms with Gasteiger partial charge in [-0.1, -0.05) is 27.7 Å². The summed E-state index contributed by atoms with van der Waals surface area (Å²) in [5.41, 5.74) is 0.464. The minimum Gasteiger partial charge on any atom is -0.378 e. The van der Waals surface area contributed by atoms with Gasteiger partial charge in [-0.15, -0.1) is 0 Å². The fourth-order valence-corrected chi connectivity index (χ4v) is 4.01. The lowest BCUT2D eigenvalue weighted by Crippen LogP contribution is -2.44. The van der Waals surface area contributed by atoms with Gasteiger partial charge < -0.3 is 10.1 Å². The molecule has 2 rings (SSSR count). The van der Waals surface area contributed by atoms with E-state index in [4.69, 9.17) is 4.74 Å². The van der Waals surface area contributed by atoms with Crippen LogP contribution in [0.3, 0.4) is 0 Å². The predicted octanol–water partition coefficient (Wildman–Crippen LogP) is 4.00. The molecule has 1 saturated carbocycles. The van der Waals surface area contributed by atoms with Crippen LogP contribution in [-0.4, -0.2) is 25.3 Å². The number of rotatable bonds is 4. The molecule has 19 heavy (non-hydrogen) atoms. The molecule has 0 radical (unpaired) electrons. The molecule has 0 aromatic rings. The highest BCUT2D eigenvalue weighted by atomic mass is 16.5. The van der Waals surface area contributed by atoms with Gasteiger partial charge in [0.2, 0.25) is 0 Å². The summed E-state index contributed by atoms with van der Waals surface area (Å²) in [5, 5.41) is 3.72. The molecule has 0 amide bonds. The maximum absolute atomic E-state index is 5.88. The molecule has 2 heteroatoms. The van der Waals surface area contributed by atoms with Crippen molar-refractivity contribution in [2.24, 2.45) is 17.3 Å². The largest absolute Gasteiger partial charge is 0.378 e. The lowest BCUT2D eigenvalue weighted by atomic mass is 9.66. The van der Waals surface area contributed by atoms with Crippen molar-refractivity contribution in [3.63, 3.8) is 0 Å². The van der Waals surface area contributed by atoms with Gasteiger partial charge in [0.05, 0.1) is 6.10 Å². The Morgan fingerprint density at radius 2 is 1.95 bits per heavy atom. The topological polar surface area (TPSA) is 21.3 Å². The van der Waals surface area contributed by atoms with E-state index >= 15 is 0 Å². The predicted molar refractivity (Wildman–Crippen MR) is 81.3 cm³/mol. The quantitative estimate of drug-likeness (QED) is 0.831. The number of hydrogen-bond donors (Lipinski definition) is 1. The Morgan fingerprint density at radius 3 is 2.53 bits per heavy atom. The zero-order chi connectivity index (χ0) is 13.9. The van der Waals surface area contributed by atoms with E-state index in [1.807, 2.05) is 0 Å². The Balaban J connectivity index is 1.95. The molecule has 0 spiro atoms. The summed E-state index contributed by atoms with van der Waals surface area (Å²) in [4.78, 5) is 0. The molecule has 1 saturated heterocycles. The molecule has 2 nitrogen and oxygen atoms in total. The zero-order valence-corrected chi connectivity index (χ0v) is 13.4. The molecular weight excluding hydrogens is 234 g/mol. The van der Waals surface area contributed by atoms with Crippen LogP contribution in [0.1, 0.15) is 66.2 Å². The Kier molecular flexibility index (Phi) is 5.30. The maximum Gasteiger partial charge on any atom is 0.0579 e. The second-order valence-electron chi connectivity index (χ2n) is 7.67. The first-order chi connectivity index (χ1) is 9.00. The second-order valence-corrected chi connectivity index (χ2v) is 7.67. The van der Waals surface area contributed by atoms with Crippen LogP contribution in [0.25, 0.3) is 0 Å². The van der Waals surface area contributed by atoms with Crippen LogP contribution in [0.5, 0.6) is 0 Å². The van der Waals surface area contributed by atoms with Crippen LogP contribution in [0, 0.1) is 17.3 Å². The highest BCUT2D eigenvalue weighted by Gasteiger charge is 2.36. The van der Waals surface area contributed by atoms with Crippen molar-refractivity contribution in [2.45, 2.75) is 78.4 Å². The average molecular weight is 267 g/mol. The summed E-state index contributed by atoms with van der Waals surface area (Å²) in [5.74, 6) is 1.70. The van der Waals surface area contributed by atoms with E-state index in [9.17, 15) is 0 Å². The lowest BCUT2D eigenvalue weighted by molar-refractivity contribution is 0.0502. The molecule has 0 aromatic carbocycles. The highest BCUT2D eigenvalue weighted by Crippen LogP contribution is 2.42. The highest BCUT2D eigenvalue weighted by molar-refractivity contribution is 4.90. The summed E-state index contributed by atoms with van der Waals surface area (Å²) in [7, 11) is 0. The van der Waals surface area contributed by atoms with Crippen molar-refractivity contribution in [3.05, 3.63) is 0 Å². The van der Waals surface area contributed by atoms with Crippen LogP contribution < -0.4 is 5.32 Å². The molecule has 2 aliphatic rings. The van der Waals surface area contributed by atoms with E-state index in [1.165, 1.54) is 38.5 Å². The van der Waals surface area contributed by atoms with Gasteiger partial charge in [-0.2, -0.15) is 0 Å². The van der Waals surface area contributed by atoms with Gasteiger partial charge in [0.1, 0.15) is 0 Å². The van der Waals surface area contributed by atoms with E-state index in [0.717, 1.165) is 31.0 Å². The van der Waals surface area contributed by atoms with Crippen LogP contribution >= 0.6 is 0 Å². The van der Waals surface area contributed by atoms with Crippen LogP contribution in [0.15, 0.2) is 0 Å². The van der Waals surface area contributed by atoms with E-state index in [0.29, 0.717) is 11.5 Å². The van der Waals surface area contributed by atoms with Crippen molar-refractivity contribution in [1.29, 1.82) is 0 Å². The molecule has 2 fully saturated rings.